The van der Waals surface area contributed by atoms with Gasteiger partial charge in [0.15, 0.2) is 11.5 Å². The lowest BCUT2D eigenvalue weighted by molar-refractivity contribution is -0.117. The molecule has 8 rings (SSSR count). The number of fused-ring (bicyclic) bond motifs is 3. The molecule has 6 heterocycles. The minimum atomic E-state index is -0.383. The molecule has 3 aliphatic heterocycles. The van der Waals surface area contributed by atoms with Crippen molar-refractivity contribution >= 4 is 40.6 Å². The van der Waals surface area contributed by atoms with E-state index in [0.717, 1.165) is 86.5 Å². The fraction of sp³-hybridized carbons (Fsp3) is 0.432. The molecule has 0 spiro atoms. The number of anilines is 4. The number of nitrogens with zero attached hydrogens (tertiary/aromatic N) is 8. The number of benzene rings is 1. The number of carbonyl (C=O) groups is 3. The topological polar surface area (TPSA) is 154 Å². The summed E-state index contributed by atoms with van der Waals surface area (Å²) in [6.07, 6.45) is 6.69. The summed E-state index contributed by atoms with van der Waals surface area (Å²) < 4.78 is 2.20. The van der Waals surface area contributed by atoms with Crippen LogP contribution >= 0.6 is 0 Å². The van der Waals surface area contributed by atoms with Crippen LogP contribution in [0.25, 0.3) is 11.1 Å². The third kappa shape index (κ3) is 6.17. The van der Waals surface area contributed by atoms with Gasteiger partial charge in [-0.2, -0.15) is 5.10 Å². The maximum atomic E-state index is 12.9. The molecular formula is C37H43N11O3. The number of rotatable bonds is 10. The predicted molar refractivity (Wildman–Crippen MR) is 193 cm³/mol. The van der Waals surface area contributed by atoms with Crippen molar-refractivity contribution in [1.29, 1.82) is 0 Å². The highest BCUT2D eigenvalue weighted by Crippen LogP contribution is 2.50. The molecule has 1 atom stereocenters. The second-order valence-corrected chi connectivity index (χ2v) is 13.9. The molecule has 2 saturated heterocycles. The van der Waals surface area contributed by atoms with E-state index in [1.54, 1.807) is 13.1 Å². The van der Waals surface area contributed by atoms with Gasteiger partial charge < -0.3 is 25.8 Å². The fourth-order valence-corrected chi connectivity index (χ4v) is 7.63. The molecule has 0 radical (unpaired) electrons. The van der Waals surface area contributed by atoms with Gasteiger partial charge in [0, 0.05) is 69.9 Å². The maximum Gasteiger partial charge on any atom is 0.273 e. The molecule has 0 bridgehead atoms. The highest BCUT2D eigenvalue weighted by molar-refractivity contribution is 6.01. The summed E-state index contributed by atoms with van der Waals surface area (Å²) in [5.74, 6) is -0.138. The number of likely N-dealkylation sites (tertiary alicyclic amines) is 2. The van der Waals surface area contributed by atoms with Gasteiger partial charge in [0.1, 0.15) is 5.69 Å². The molecule has 4 aliphatic rings. The monoisotopic (exact) mass is 689 g/mol. The molecule has 264 valence electrons. The van der Waals surface area contributed by atoms with Crippen molar-refractivity contribution in [2.24, 2.45) is 5.92 Å². The Morgan fingerprint density at radius 2 is 1.75 bits per heavy atom. The smallest absolute Gasteiger partial charge is 0.273 e. The van der Waals surface area contributed by atoms with Crippen LogP contribution in [-0.4, -0.2) is 92.8 Å². The number of carbonyl (C=O) groups excluding carboxylic acids is 3. The lowest BCUT2D eigenvalue weighted by Crippen LogP contribution is -2.48. The lowest BCUT2D eigenvalue weighted by Gasteiger charge is -2.43. The van der Waals surface area contributed by atoms with Crippen molar-refractivity contribution in [2.45, 2.75) is 57.7 Å². The molecule has 1 unspecified atom stereocenters. The SMILES string of the molecule is CCC1c2c(cnn2C2CN(Cc3cccc(C(=O)N4CCCC4)n3)C2)-c2cccc(Nc3cc(NC(=O)C4CC4)nnc3C(=O)NC)c2N1C. The number of hydrogen-bond acceptors (Lipinski definition) is 10. The Kier molecular flexibility index (Phi) is 8.62. The zero-order chi connectivity index (χ0) is 35.2. The van der Waals surface area contributed by atoms with Gasteiger partial charge in [-0.05, 0) is 50.3 Å². The largest absolute Gasteiger partial charge is 0.364 e. The van der Waals surface area contributed by atoms with Crippen LogP contribution in [0.2, 0.25) is 0 Å². The van der Waals surface area contributed by atoms with Gasteiger partial charge in [-0.1, -0.05) is 25.1 Å². The summed E-state index contributed by atoms with van der Waals surface area (Å²) in [6.45, 7) is 6.17. The summed E-state index contributed by atoms with van der Waals surface area (Å²) in [4.78, 5) is 49.5. The van der Waals surface area contributed by atoms with E-state index >= 15 is 0 Å². The van der Waals surface area contributed by atoms with Crippen LogP contribution < -0.4 is 20.9 Å². The zero-order valence-corrected chi connectivity index (χ0v) is 29.2. The van der Waals surface area contributed by atoms with Gasteiger partial charge >= 0.3 is 0 Å². The van der Waals surface area contributed by atoms with E-state index in [-0.39, 0.29) is 41.4 Å². The fourth-order valence-electron chi connectivity index (χ4n) is 7.63. The molecular weight excluding hydrogens is 646 g/mol. The Morgan fingerprint density at radius 1 is 0.961 bits per heavy atom. The number of pyridine rings is 1. The normalized spacial score (nSPS) is 18.5. The van der Waals surface area contributed by atoms with Crippen molar-refractivity contribution in [3.05, 3.63) is 71.4 Å². The summed E-state index contributed by atoms with van der Waals surface area (Å²) >= 11 is 0. The third-order valence-corrected chi connectivity index (χ3v) is 10.5. The molecule has 1 aliphatic carbocycles. The molecule has 1 aromatic carbocycles. The van der Waals surface area contributed by atoms with E-state index < -0.39 is 0 Å². The van der Waals surface area contributed by atoms with Crippen LogP contribution in [0.4, 0.5) is 22.9 Å². The molecule has 3 aromatic heterocycles. The van der Waals surface area contributed by atoms with E-state index in [4.69, 9.17) is 10.1 Å². The van der Waals surface area contributed by atoms with E-state index in [9.17, 15) is 14.4 Å². The van der Waals surface area contributed by atoms with Crippen molar-refractivity contribution < 1.29 is 14.4 Å². The third-order valence-electron chi connectivity index (χ3n) is 10.5. The molecule has 3 amide bonds. The lowest BCUT2D eigenvalue weighted by atomic mass is 9.91. The van der Waals surface area contributed by atoms with Crippen LogP contribution in [0.3, 0.4) is 0 Å². The van der Waals surface area contributed by atoms with Crippen LogP contribution in [0.5, 0.6) is 0 Å². The van der Waals surface area contributed by atoms with Crippen LogP contribution in [-0.2, 0) is 11.3 Å². The Morgan fingerprint density at radius 3 is 2.49 bits per heavy atom. The molecule has 4 aromatic rings. The van der Waals surface area contributed by atoms with Crippen molar-refractivity contribution in [3.63, 3.8) is 0 Å². The molecule has 3 N–H and O–H groups in total. The van der Waals surface area contributed by atoms with E-state index in [0.29, 0.717) is 23.7 Å². The van der Waals surface area contributed by atoms with Crippen molar-refractivity contribution in [2.75, 3.05) is 55.8 Å². The van der Waals surface area contributed by atoms with E-state index in [1.165, 1.54) is 5.69 Å². The second-order valence-electron chi connectivity index (χ2n) is 13.9. The predicted octanol–water partition coefficient (Wildman–Crippen LogP) is 4.38. The first-order valence-electron chi connectivity index (χ1n) is 17.9. The van der Waals surface area contributed by atoms with Crippen molar-refractivity contribution in [1.82, 2.24) is 40.1 Å². The quantitative estimate of drug-likeness (QED) is 0.219. The van der Waals surface area contributed by atoms with Gasteiger partial charge in [0.2, 0.25) is 5.91 Å². The molecule has 14 nitrogen and oxygen atoms in total. The van der Waals surface area contributed by atoms with E-state index in [2.05, 4.69) is 60.7 Å². The average molecular weight is 690 g/mol. The second kappa shape index (κ2) is 13.4. The summed E-state index contributed by atoms with van der Waals surface area (Å²) in [5.41, 5.74) is 7.12. The Labute approximate surface area is 296 Å². The average Bonchev–Trinajstić information content (AvgIpc) is 3.67. The van der Waals surface area contributed by atoms with Gasteiger partial charge in [-0.15, -0.1) is 10.2 Å². The number of nitrogens with one attached hydrogen (secondary N) is 3. The molecule has 1 saturated carbocycles. The maximum absolute atomic E-state index is 12.9. The first kappa shape index (κ1) is 32.8. The van der Waals surface area contributed by atoms with Gasteiger partial charge in [0.25, 0.3) is 11.8 Å². The highest BCUT2D eigenvalue weighted by Gasteiger charge is 2.38. The minimum Gasteiger partial charge on any atom is -0.364 e. The van der Waals surface area contributed by atoms with Crippen LogP contribution in [0.1, 0.15) is 83.5 Å². The molecule has 3 fully saturated rings. The van der Waals surface area contributed by atoms with E-state index in [1.807, 2.05) is 41.4 Å². The summed E-state index contributed by atoms with van der Waals surface area (Å²) in [7, 11) is 3.65. The standard InChI is InChI=1S/C37H43N11O3/c1-4-30-34-26(18-39-48(34)24-20-46(21-24)19-23-9-7-12-28(40-23)37(51)47-15-5-6-16-47)25-10-8-11-27(33(25)45(30)3)41-29-17-31(42-35(49)22-13-14-22)43-44-32(29)36(50)38-2/h7-12,17-18,22,24,30H,4-6,13-16,19-21H2,1-3H3,(H,38,50)(H2,41,42,43,49). The van der Waals surface area contributed by atoms with Crippen molar-refractivity contribution in [3.8, 4) is 11.1 Å². The molecule has 14 heteroatoms. The van der Waals surface area contributed by atoms with Gasteiger partial charge in [-0.25, -0.2) is 4.98 Å². The Hall–Kier alpha value is -5.37. The first-order chi connectivity index (χ1) is 24.8. The zero-order valence-electron chi connectivity index (χ0n) is 29.2. The molecule has 51 heavy (non-hydrogen) atoms. The number of hydrogen-bond donors (Lipinski definition) is 3. The number of para-hydroxylation sites is 1. The van der Waals surface area contributed by atoms with Gasteiger partial charge in [0.05, 0.1) is 46.7 Å². The van der Waals surface area contributed by atoms with Gasteiger partial charge in [-0.3, -0.25) is 24.0 Å². The number of amides is 3. The Bertz CT molecular complexity index is 2000. The summed E-state index contributed by atoms with van der Waals surface area (Å²) in [6, 6.07) is 13.8. The number of aromatic nitrogens is 5. The first-order valence-corrected chi connectivity index (χ1v) is 17.9. The van der Waals surface area contributed by atoms with Crippen LogP contribution in [0, 0.1) is 5.92 Å². The minimum absolute atomic E-state index is 0.00577. The highest BCUT2D eigenvalue weighted by atomic mass is 16.2. The Balaban J connectivity index is 1.03. The summed E-state index contributed by atoms with van der Waals surface area (Å²) in [5, 5.41) is 22.2. The van der Waals surface area contributed by atoms with Crippen LogP contribution in [0.15, 0.2) is 48.7 Å².